The summed E-state index contributed by atoms with van der Waals surface area (Å²) in [5.41, 5.74) is 0. The van der Waals surface area contributed by atoms with Crippen molar-refractivity contribution >= 4 is 19.8 Å². The van der Waals surface area contributed by atoms with E-state index in [-0.39, 0.29) is 12.8 Å². The van der Waals surface area contributed by atoms with E-state index in [1.807, 2.05) is 6.92 Å². The molecule has 0 radical (unpaired) electrons. The lowest BCUT2D eigenvalue weighted by Crippen LogP contribution is -2.28. The van der Waals surface area contributed by atoms with E-state index in [1.54, 1.807) is 0 Å². The molecule has 0 rings (SSSR count). The number of phosphoric ester groups is 1. The fourth-order valence-corrected chi connectivity index (χ4v) is 4.42. The van der Waals surface area contributed by atoms with Gasteiger partial charge in [-0.2, -0.15) is 0 Å². The summed E-state index contributed by atoms with van der Waals surface area (Å²) in [5, 5.41) is 18.8. The molecule has 3 N–H and O–H groups in total. The summed E-state index contributed by atoms with van der Waals surface area (Å²) in [7, 11) is -4.61. The minimum absolute atomic E-state index is 0.162. The minimum Gasteiger partial charge on any atom is -0.457 e. The molecule has 0 aliphatic rings. The Kier molecular flexibility index (Phi) is 27.3. The van der Waals surface area contributed by atoms with Crippen molar-refractivity contribution in [3.63, 3.8) is 0 Å². The van der Waals surface area contributed by atoms with Crippen molar-refractivity contribution in [3.8, 4) is 0 Å². The standard InChI is InChI=1S/C32H55O10P/c1-3-5-7-8-9-10-11-12-13-14-15-16-17-18-19-20-22-24-32(36)42-30(26-34)28-40-43(37,38)39-27-29(25-33)41-31(35)23-21-6-4-2/h5,7,9-10,12-13,15-16,29-30,33-34H,3-4,6,8,11,14,17-28H2,1-2H3,(H,37,38)/b7-5-,10-9-,13-12-,16-15-. The molecule has 0 fully saturated rings. The summed E-state index contributed by atoms with van der Waals surface area (Å²) in [6.45, 7) is 1.80. The molecule has 0 bridgehead atoms. The van der Waals surface area contributed by atoms with Crippen LogP contribution in [0.2, 0.25) is 0 Å². The normalized spacial score (nSPS) is 15.0. The van der Waals surface area contributed by atoms with Crippen molar-refractivity contribution in [2.75, 3.05) is 26.4 Å². The van der Waals surface area contributed by atoms with Gasteiger partial charge in [0.05, 0.1) is 26.4 Å². The molecule has 0 heterocycles. The van der Waals surface area contributed by atoms with Gasteiger partial charge in [-0.1, -0.05) is 88.1 Å². The molecular formula is C32H55O10P. The van der Waals surface area contributed by atoms with Crippen LogP contribution >= 0.6 is 7.82 Å². The predicted molar refractivity (Wildman–Crippen MR) is 168 cm³/mol. The monoisotopic (exact) mass is 630 g/mol. The van der Waals surface area contributed by atoms with E-state index in [9.17, 15) is 29.3 Å². The van der Waals surface area contributed by atoms with E-state index in [1.165, 1.54) is 0 Å². The first-order valence-corrected chi connectivity index (χ1v) is 17.1. The number of allylic oxidation sites excluding steroid dienone is 8. The first-order valence-electron chi connectivity index (χ1n) is 15.6. The van der Waals surface area contributed by atoms with Crippen molar-refractivity contribution in [3.05, 3.63) is 48.6 Å². The van der Waals surface area contributed by atoms with Gasteiger partial charge in [-0.3, -0.25) is 18.6 Å². The fourth-order valence-electron chi connectivity index (χ4n) is 3.63. The Labute approximate surface area is 258 Å². The van der Waals surface area contributed by atoms with Gasteiger partial charge in [0.2, 0.25) is 0 Å². The minimum atomic E-state index is -4.61. The van der Waals surface area contributed by atoms with Crippen molar-refractivity contribution in [2.24, 2.45) is 0 Å². The molecule has 0 saturated carbocycles. The van der Waals surface area contributed by atoms with Crippen LogP contribution in [-0.4, -0.2) is 65.7 Å². The number of aliphatic hydroxyl groups excluding tert-OH is 2. The molecule has 0 aromatic rings. The van der Waals surface area contributed by atoms with Crippen molar-refractivity contribution in [2.45, 2.75) is 116 Å². The van der Waals surface area contributed by atoms with Crippen LogP contribution in [0.5, 0.6) is 0 Å². The van der Waals surface area contributed by atoms with Gasteiger partial charge >= 0.3 is 19.8 Å². The first-order chi connectivity index (χ1) is 20.8. The van der Waals surface area contributed by atoms with Crippen molar-refractivity contribution < 1.29 is 47.8 Å². The third-order valence-electron chi connectivity index (χ3n) is 6.06. The summed E-state index contributed by atoms with van der Waals surface area (Å²) in [6.07, 6.45) is 26.2. The molecule has 43 heavy (non-hydrogen) atoms. The average Bonchev–Trinajstić information content (AvgIpc) is 2.99. The van der Waals surface area contributed by atoms with Crippen LogP contribution in [0.1, 0.15) is 104 Å². The zero-order chi connectivity index (χ0) is 32.0. The molecule has 0 aliphatic carbocycles. The molecule has 3 atom stereocenters. The molecular weight excluding hydrogens is 575 g/mol. The van der Waals surface area contributed by atoms with Gasteiger partial charge in [0.1, 0.15) is 12.2 Å². The Bertz CT molecular complexity index is 868. The topological polar surface area (TPSA) is 149 Å². The van der Waals surface area contributed by atoms with Crippen LogP contribution in [0.4, 0.5) is 0 Å². The smallest absolute Gasteiger partial charge is 0.457 e. The Balaban J connectivity index is 4.03. The van der Waals surface area contributed by atoms with Crippen molar-refractivity contribution in [1.82, 2.24) is 0 Å². The third-order valence-corrected chi connectivity index (χ3v) is 7.01. The second kappa shape index (κ2) is 28.7. The van der Waals surface area contributed by atoms with Gasteiger partial charge in [-0.15, -0.1) is 0 Å². The zero-order valence-corrected chi connectivity index (χ0v) is 27.0. The maximum Gasteiger partial charge on any atom is 0.472 e. The summed E-state index contributed by atoms with van der Waals surface area (Å²) < 4.78 is 31.9. The number of carbonyl (C=O) groups excluding carboxylic acids is 2. The highest BCUT2D eigenvalue weighted by Crippen LogP contribution is 2.43. The molecule has 0 saturated heterocycles. The molecule has 0 spiro atoms. The Morgan fingerprint density at radius 1 is 0.651 bits per heavy atom. The van der Waals surface area contributed by atoms with E-state index < -0.39 is 58.4 Å². The Hall–Kier alpha value is -2.07. The van der Waals surface area contributed by atoms with Gasteiger partial charge in [0.15, 0.2) is 0 Å². The number of rotatable bonds is 28. The Morgan fingerprint density at radius 3 is 1.56 bits per heavy atom. The van der Waals surface area contributed by atoms with Gasteiger partial charge in [0.25, 0.3) is 0 Å². The second-order valence-corrected chi connectivity index (χ2v) is 11.5. The van der Waals surface area contributed by atoms with Crippen molar-refractivity contribution in [1.29, 1.82) is 0 Å². The van der Waals surface area contributed by atoms with Gasteiger partial charge in [-0.05, 0) is 51.4 Å². The average molecular weight is 631 g/mol. The fraction of sp³-hybridized carbons (Fsp3) is 0.688. The zero-order valence-electron chi connectivity index (χ0n) is 26.1. The van der Waals surface area contributed by atoms with Crippen LogP contribution in [-0.2, 0) is 32.7 Å². The van der Waals surface area contributed by atoms with Crippen LogP contribution in [0.15, 0.2) is 48.6 Å². The number of phosphoric acid groups is 1. The summed E-state index contributed by atoms with van der Waals surface area (Å²) in [5.74, 6) is -1.08. The number of esters is 2. The summed E-state index contributed by atoms with van der Waals surface area (Å²) >= 11 is 0. The molecule has 248 valence electrons. The number of carbonyl (C=O) groups is 2. The van der Waals surface area contributed by atoms with E-state index in [0.29, 0.717) is 12.8 Å². The number of hydrogen-bond donors (Lipinski definition) is 3. The quantitative estimate of drug-likeness (QED) is 0.0371. The Morgan fingerprint density at radius 2 is 1.09 bits per heavy atom. The number of aliphatic hydroxyl groups is 2. The molecule has 10 nitrogen and oxygen atoms in total. The molecule has 0 aromatic carbocycles. The highest BCUT2D eigenvalue weighted by Gasteiger charge is 2.27. The van der Waals surface area contributed by atoms with Gasteiger partial charge in [-0.25, -0.2) is 4.57 Å². The molecule has 0 amide bonds. The van der Waals surface area contributed by atoms with Gasteiger partial charge in [0, 0.05) is 12.8 Å². The molecule has 0 aromatic heterocycles. The first kappa shape index (κ1) is 40.9. The largest absolute Gasteiger partial charge is 0.472 e. The highest BCUT2D eigenvalue weighted by molar-refractivity contribution is 7.47. The highest BCUT2D eigenvalue weighted by atomic mass is 31.2. The maximum atomic E-state index is 12.1. The van der Waals surface area contributed by atoms with E-state index in [2.05, 4.69) is 55.5 Å². The second-order valence-electron chi connectivity index (χ2n) is 10.1. The number of hydrogen-bond acceptors (Lipinski definition) is 9. The summed E-state index contributed by atoms with van der Waals surface area (Å²) in [6, 6.07) is 0. The predicted octanol–water partition coefficient (Wildman–Crippen LogP) is 6.65. The van der Waals surface area contributed by atoms with Gasteiger partial charge < -0.3 is 24.6 Å². The summed E-state index contributed by atoms with van der Waals surface area (Å²) in [4.78, 5) is 33.7. The number of unbranched alkanes of at least 4 members (excludes halogenated alkanes) is 6. The lowest BCUT2D eigenvalue weighted by Gasteiger charge is -2.20. The van der Waals surface area contributed by atoms with Crippen LogP contribution in [0, 0.1) is 0 Å². The lowest BCUT2D eigenvalue weighted by molar-refractivity contribution is -0.153. The van der Waals surface area contributed by atoms with E-state index in [0.717, 1.165) is 64.2 Å². The SMILES string of the molecule is CC/C=C\C/C=C\C/C=C\C/C=C\CCCCCCC(=O)OC(CO)COP(=O)(O)OCC(CO)OC(=O)CCCCC. The third kappa shape index (κ3) is 27.2. The maximum absolute atomic E-state index is 12.1. The van der Waals surface area contributed by atoms with Crippen LogP contribution < -0.4 is 0 Å². The van der Waals surface area contributed by atoms with Crippen LogP contribution in [0.3, 0.4) is 0 Å². The lowest BCUT2D eigenvalue weighted by atomic mass is 10.1. The molecule has 0 aliphatic heterocycles. The number of ether oxygens (including phenoxy) is 2. The van der Waals surface area contributed by atoms with E-state index in [4.69, 9.17) is 18.5 Å². The van der Waals surface area contributed by atoms with Crippen LogP contribution in [0.25, 0.3) is 0 Å². The molecule has 3 unspecified atom stereocenters. The molecule has 11 heteroatoms. The van der Waals surface area contributed by atoms with E-state index >= 15 is 0 Å².